The summed E-state index contributed by atoms with van der Waals surface area (Å²) >= 11 is 0. The molecule has 0 heterocycles. The second-order valence-corrected chi connectivity index (χ2v) is 15.0. The number of ether oxygens (including phenoxy) is 2. The zero-order valence-electron chi connectivity index (χ0n) is 33.7. The van der Waals surface area contributed by atoms with E-state index in [0.717, 1.165) is 44.9 Å². The molecule has 0 saturated carbocycles. The maximum atomic E-state index is 12.6. The summed E-state index contributed by atoms with van der Waals surface area (Å²) in [6, 6.07) is 0. The van der Waals surface area contributed by atoms with E-state index in [2.05, 4.69) is 50.3 Å². The number of phosphoric acid groups is 1. The van der Waals surface area contributed by atoms with Gasteiger partial charge in [0, 0.05) is 25.8 Å². The van der Waals surface area contributed by atoms with Crippen LogP contribution in [0.25, 0.3) is 0 Å². The highest BCUT2D eigenvalue weighted by atomic mass is 31.2. The Hall–Kier alpha value is -2.62. The number of rotatable bonds is 38. The molecular weight excluding hydrogens is 705 g/mol. The van der Waals surface area contributed by atoms with Gasteiger partial charge >= 0.3 is 19.8 Å². The number of ketones is 1. The van der Waals surface area contributed by atoms with Crippen molar-refractivity contribution in [2.45, 2.75) is 168 Å². The molecule has 10 nitrogen and oxygen atoms in total. The van der Waals surface area contributed by atoms with E-state index >= 15 is 0 Å². The first kappa shape index (κ1) is 51.4. The summed E-state index contributed by atoms with van der Waals surface area (Å²) in [6.07, 6.45) is 41.1. The molecule has 11 heteroatoms. The molecule has 0 aliphatic carbocycles. The molecule has 310 valence electrons. The number of hydrogen-bond donors (Lipinski definition) is 2. The van der Waals surface area contributed by atoms with Crippen LogP contribution in [-0.2, 0) is 37.5 Å². The molecule has 0 aromatic heterocycles. The molecular formula is C43H74NO9P. The Balaban J connectivity index is 4.40. The number of phosphoric ester groups is 1. The quantitative estimate of drug-likeness (QED) is 0.0155. The van der Waals surface area contributed by atoms with Gasteiger partial charge in [-0.05, 0) is 70.3 Å². The number of unbranched alkanes of at least 4 members (excludes halogenated alkanes) is 14. The predicted octanol–water partition coefficient (Wildman–Crippen LogP) is 10.9. The highest BCUT2D eigenvalue weighted by molar-refractivity contribution is 7.47. The number of allylic oxidation sites excluding steroid dienone is 10. The van der Waals surface area contributed by atoms with Gasteiger partial charge in [0.2, 0.25) is 0 Å². The maximum absolute atomic E-state index is 12.6. The van der Waals surface area contributed by atoms with Crippen molar-refractivity contribution in [3.63, 3.8) is 0 Å². The minimum Gasteiger partial charge on any atom is -0.462 e. The van der Waals surface area contributed by atoms with E-state index in [4.69, 9.17) is 24.3 Å². The summed E-state index contributed by atoms with van der Waals surface area (Å²) < 4.78 is 32.5. The van der Waals surface area contributed by atoms with Crippen LogP contribution >= 0.6 is 7.82 Å². The van der Waals surface area contributed by atoms with Crippen molar-refractivity contribution in [1.82, 2.24) is 0 Å². The molecule has 0 radical (unpaired) electrons. The van der Waals surface area contributed by atoms with Crippen molar-refractivity contribution >= 4 is 25.5 Å². The zero-order valence-corrected chi connectivity index (χ0v) is 34.6. The van der Waals surface area contributed by atoms with E-state index < -0.39 is 32.5 Å². The molecule has 0 amide bonds. The van der Waals surface area contributed by atoms with Crippen molar-refractivity contribution in [2.24, 2.45) is 5.73 Å². The Bertz CT molecular complexity index is 1130. The minimum absolute atomic E-state index is 0.0112. The summed E-state index contributed by atoms with van der Waals surface area (Å²) in [5.74, 6) is -1.20. The zero-order chi connectivity index (χ0) is 39.8. The first-order valence-electron chi connectivity index (χ1n) is 20.7. The van der Waals surface area contributed by atoms with Gasteiger partial charge in [0.25, 0.3) is 0 Å². The van der Waals surface area contributed by atoms with Crippen LogP contribution in [0, 0.1) is 0 Å². The Morgan fingerprint density at radius 2 is 1.15 bits per heavy atom. The fourth-order valence-corrected chi connectivity index (χ4v) is 5.99. The highest BCUT2D eigenvalue weighted by Crippen LogP contribution is 2.43. The lowest BCUT2D eigenvalue weighted by Gasteiger charge is -2.19. The van der Waals surface area contributed by atoms with Gasteiger partial charge in [-0.2, -0.15) is 0 Å². The first-order chi connectivity index (χ1) is 26.2. The van der Waals surface area contributed by atoms with Gasteiger partial charge in [-0.25, -0.2) is 4.57 Å². The molecule has 3 N–H and O–H groups in total. The van der Waals surface area contributed by atoms with Gasteiger partial charge in [-0.1, -0.05) is 133 Å². The molecule has 0 fully saturated rings. The fourth-order valence-electron chi connectivity index (χ4n) is 5.23. The van der Waals surface area contributed by atoms with Gasteiger partial charge in [-0.15, -0.1) is 0 Å². The molecule has 2 atom stereocenters. The molecule has 0 saturated heterocycles. The second kappa shape index (κ2) is 38.6. The topological polar surface area (TPSA) is 151 Å². The normalized spacial score (nSPS) is 13.9. The standard InChI is InChI=1S/C43H74NO9P/c1-3-5-7-9-11-13-15-17-18-20-22-24-26-28-30-34-43(47)53-41(39-52-54(48,49)51-37-36-44)38-50-42(46)35-31-33-40(45)32-29-27-25-23-21-19-16-14-12-10-8-6-4-2/h12-15,19,21,25,27,29,32,41H,3-11,16-18,20,22-24,26,28,30-31,33-39,44H2,1-2H3,(H,48,49)/b14-12-,15-13-,21-19-,27-25-,32-29+/t41-/m1/s1. The molecule has 0 aromatic rings. The van der Waals surface area contributed by atoms with Crippen LogP contribution in [0.1, 0.15) is 162 Å². The van der Waals surface area contributed by atoms with E-state index in [0.29, 0.717) is 6.42 Å². The molecule has 0 aliphatic rings. The molecule has 0 rings (SSSR count). The molecule has 1 unspecified atom stereocenters. The van der Waals surface area contributed by atoms with Crippen molar-refractivity contribution < 1.29 is 42.4 Å². The van der Waals surface area contributed by atoms with Crippen molar-refractivity contribution in [3.05, 3.63) is 60.8 Å². The largest absolute Gasteiger partial charge is 0.472 e. The van der Waals surface area contributed by atoms with Crippen LogP contribution in [0.3, 0.4) is 0 Å². The average Bonchev–Trinajstić information content (AvgIpc) is 3.15. The Morgan fingerprint density at radius 3 is 1.81 bits per heavy atom. The number of carbonyl (C=O) groups is 3. The van der Waals surface area contributed by atoms with E-state index in [1.54, 1.807) is 6.08 Å². The third-order valence-electron chi connectivity index (χ3n) is 8.35. The van der Waals surface area contributed by atoms with Crippen LogP contribution in [-0.4, -0.2) is 55.1 Å². The molecule has 54 heavy (non-hydrogen) atoms. The number of nitrogens with two attached hydrogens (primary N) is 1. The van der Waals surface area contributed by atoms with E-state index in [1.165, 1.54) is 76.7 Å². The van der Waals surface area contributed by atoms with Crippen molar-refractivity contribution in [2.75, 3.05) is 26.4 Å². The van der Waals surface area contributed by atoms with Crippen LogP contribution in [0.5, 0.6) is 0 Å². The van der Waals surface area contributed by atoms with E-state index in [1.807, 2.05) is 12.2 Å². The van der Waals surface area contributed by atoms with Gasteiger partial charge in [0.05, 0.1) is 13.2 Å². The Kier molecular flexibility index (Phi) is 36.8. The van der Waals surface area contributed by atoms with Crippen LogP contribution in [0.4, 0.5) is 0 Å². The van der Waals surface area contributed by atoms with Gasteiger partial charge in [0.1, 0.15) is 6.61 Å². The smallest absolute Gasteiger partial charge is 0.462 e. The lowest BCUT2D eigenvalue weighted by Crippen LogP contribution is -2.29. The summed E-state index contributed by atoms with van der Waals surface area (Å²) in [5.41, 5.74) is 5.32. The van der Waals surface area contributed by atoms with E-state index in [-0.39, 0.29) is 51.2 Å². The average molecular weight is 780 g/mol. The lowest BCUT2D eigenvalue weighted by molar-refractivity contribution is -0.161. The lowest BCUT2D eigenvalue weighted by atomic mass is 10.1. The van der Waals surface area contributed by atoms with Gasteiger partial charge < -0.3 is 20.1 Å². The summed E-state index contributed by atoms with van der Waals surface area (Å²) in [5, 5.41) is 0. The number of esters is 2. The third kappa shape index (κ3) is 37.7. The van der Waals surface area contributed by atoms with Crippen LogP contribution in [0.15, 0.2) is 60.8 Å². The molecule has 0 aromatic carbocycles. The van der Waals surface area contributed by atoms with Crippen LogP contribution < -0.4 is 5.73 Å². The highest BCUT2D eigenvalue weighted by Gasteiger charge is 2.26. The monoisotopic (exact) mass is 780 g/mol. The SMILES string of the molecule is CCCCC/C=C\C/C=C\C/C=C\C=C\C(=O)CCCC(=O)OC[C@H](COP(=O)(O)OCCN)OC(=O)CCCCCCCCC/C=C\CCCCCC. The predicted molar refractivity (Wildman–Crippen MR) is 220 cm³/mol. The van der Waals surface area contributed by atoms with Crippen molar-refractivity contribution in [1.29, 1.82) is 0 Å². The van der Waals surface area contributed by atoms with Gasteiger partial charge in [0.15, 0.2) is 11.9 Å². The van der Waals surface area contributed by atoms with Gasteiger partial charge in [-0.3, -0.25) is 23.4 Å². The van der Waals surface area contributed by atoms with E-state index in [9.17, 15) is 23.8 Å². The summed E-state index contributed by atoms with van der Waals surface area (Å²) in [6.45, 7) is 3.39. The molecule has 0 spiro atoms. The Morgan fingerprint density at radius 1 is 0.611 bits per heavy atom. The summed E-state index contributed by atoms with van der Waals surface area (Å²) in [4.78, 5) is 47.0. The molecule has 0 aliphatic heterocycles. The third-order valence-corrected chi connectivity index (χ3v) is 9.34. The second-order valence-electron chi connectivity index (χ2n) is 13.5. The van der Waals surface area contributed by atoms with Crippen LogP contribution in [0.2, 0.25) is 0 Å². The maximum Gasteiger partial charge on any atom is 0.472 e. The number of hydrogen-bond acceptors (Lipinski definition) is 9. The van der Waals surface area contributed by atoms with Crippen molar-refractivity contribution in [3.8, 4) is 0 Å². The minimum atomic E-state index is -4.43. The fraction of sp³-hybridized carbons (Fsp3) is 0.698. The Labute approximate surface area is 327 Å². The summed E-state index contributed by atoms with van der Waals surface area (Å²) in [7, 11) is -4.43. The number of carbonyl (C=O) groups excluding carboxylic acids is 3. The molecule has 0 bridgehead atoms. The first-order valence-corrected chi connectivity index (χ1v) is 22.2.